The molecular formula is C17H20N2O. The average molecular weight is 268 g/mol. The molecule has 0 saturated heterocycles. The monoisotopic (exact) mass is 268 g/mol. The van der Waals surface area contributed by atoms with Crippen molar-refractivity contribution in [1.29, 1.82) is 0 Å². The number of nitrogens with one attached hydrogen (secondary N) is 1. The molecule has 1 aromatic heterocycles. The van der Waals surface area contributed by atoms with Gasteiger partial charge in [0.1, 0.15) is 5.75 Å². The largest absolute Gasteiger partial charge is 0.496 e. The fourth-order valence-corrected chi connectivity index (χ4v) is 2.35. The molecule has 0 amide bonds. The van der Waals surface area contributed by atoms with E-state index in [0.29, 0.717) is 0 Å². The van der Waals surface area contributed by atoms with Gasteiger partial charge < -0.3 is 10.1 Å². The van der Waals surface area contributed by atoms with Crippen LogP contribution >= 0.6 is 0 Å². The van der Waals surface area contributed by atoms with E-state index in [-0.39, 0.29) is 0 Å². The lowest BCUT2D eigenvalue weighted by atomic mass is 10.0. The molecule has 0 aliphatic heterocycles. The SMILES string of the molecule is COc1ccc(-c2cncc(CNC3CC3)c2)cc1C. The number of benzene rings is 1. The zero-order valence-electron chi connectivity index (χ0n) is 12.0. The Labute approximate surface area is 120 Å². The molecule has 104 valence electrons. The van der Waals surface area contributed by atoms with Gasteiger partial charge in [-0.15, -0.1) is 0 Å². The third kappa shape index (κ3) is 2.99. The van der Waals surface area contributed by atoms with Crippen LogP contribution in [0.25, 0.3) is 11.1 Å². The summed E-state index contributed by atoms with van der Waals surface area (Å²) in [6.07, 6.45) is 6.48. The van der Waals surface area contributed by atoms with E-state index in [1.54, 1.807) is 7.11 Å². The van der Waals surface area contributed by atoms with Crippen molar-refractivity contribution < 1.29 is 4.74 Å². The summed E-state index contributed by atoms with van der Waals surface area (Å²) >= 11 is 0. The predicted octanol–water partition coefficient (Wildman–Crippen LogP) is 3.32. The molecule has 20 heavy (non-hydrogen) atoms. The van der Waals surface area contributed by atoms with Crippen LogP contribution < -0.4 is 10.1 Å². The molecule has 0 atom stereocenters. The van der Waals surface area contributed by atoms with Gasteiger partial charge in [-0.2, -0.15) is 0 Å². The molecule has 1 fully saturated rings. The normalized spacial score (nSPS) is 14.3. The summed E-state index contributed by atoms with van der Waals surface area (Å²) in [4.78, 5) is 4.36. The quantitative estimate of drug-likeness (QED) is 0.903. The van der Waals surface area contributed by atoms with Crippen molar-refractivity contribution in [2.24, 2.45) is 0 Å². The lowest BCUT2D eigenvalue weighted by molar-refractivity contribution is 0.412. The van der Waals surface area contributed by atoms with Crippen LogP contribution in [0.3, 0.4) is 0 Å². The Balaban J connectivity index is 1.81. The van der Waals surface area contributed by atoms with Crippen LogP contribution in [0.15, 0.2) is 36.7 Å². The second-order valence-electron chi connectivity index (χ2n) is 5.42. The third-order valence-corrected chi connectivity index (χ3v) is 3.70. The zero-order valence-corrected chi connectivity index (χ0v) is 12.0. The van der Waals surface area contributed by atoms with Gasteiger partial charge >= 0.3 is 0 Å². The lowest BCUT2D eigenvalue weighted by Gasteiger charge is -2.09. The van der Waals surface area contributed by atoms with E-state index in [0.717, 1.165) is 29.5 Å². The van der Waals surface area contributed by atoms with E-state index >= 15 is 0 Å². The fourth-order valence-electron chi connectivity index (χ4n) is 2.35. The highest BCUT2D eigenvalue weighted by atomic mass is 16.5. The molecule has 1 aromatic carbocycles. The first-order valence-corrected chi connectivity index (χ1v) is 7.08. The van der Waals surface area contributed by atoms with E-state index in [9.17, 15) is 0 Å². The molecule has 1 saturated carbocycles. The summed E-state index contributed by atoms with van der Waals surface area (Å²) in [6, 6.07) is 9.18. The Morgan fingerprint density at radius 2 is 2.05 bits per heavy atom. The first-order chi connectivity index (χ1) is 9.76. The van der Waals surface area contributed by atoms with E-state index in [4.69, 9.17) is 4.74 Å². The molecule has 3 heteroatoms. The van der Waals surface area contributed by atoms with Crippen LogP contribution in [0.1, 0.15) is 24.0 Å². The standard InChI is InChI=1S/C17H20N2O/c1-12-7-14(3-6-17(12)20-2)15-8-13(9-18-11-15)10-19-16-4-5-16/h3,6-9,11,16,19H,4-5,10H2,1-2H3. The zero-order chi connectivity index (χ0) is 13.9. The van der Waals surface area contributed by atoms with E-state index in [2.05, 4.69) is 35.4 Å². The Kier molecular flexibility index (Phi) is 3.70. The number of nitrogens with zero attached hydrogens (tertiary/aromatic N) is 1. The van der Waals surface area contributed by atoms with Crippen LogP contribution in [-0.4, -0.2) is 18.1 Å². The van der Waals surface area contributed by atoms with Crippen molar-refractivity contribution in [2.75, 3.05) is 7.11 Å². The third-order valence-electron chi connectivity index (χ3n) is 3.70. The van der Waals surface area contributed by atoms with Gasteiger partial charge in [0.15, 0.2) is 0 Å². The Morgan fingerprint density at radius 1 is 1.20 bits per heavy atom. The van der Waals surface area contributed by atoms with Gasteiger partial charge in [0, 0.05) is 30.5 Å². The van der Waals surface area contributed by atoms with Crippen molar-refractivity contribution in [3.8, 4) is 16.9 Å². The molecule has 1 heterocycles. The van der Waals surface area contributed by atoms with Crippen LogP contribution in [0.4, 0.5) is 0 Å². The summed E-state index contributed by atoms with van der Waals surface area (Å²) < 4.78 is 5.31. The number of ether oxygens (including phenoxy) is 1. The maximum atomic E-state index is 5.31. The van der Waals surface area contributed by atoms with Gasteiger partial charge in [-0.3, -0.25) is 4.98 Å². The van der Waals surface area contributed by atoms with E-state index < -0.39 is 0 Å². The molecule has 2 aromatic rings. The highest BCUT2D eigenvalue weighted by molar-refractivity contribution is 5.65. The molecule has 0 bridgehead atoms. The Bertz CT molecular complexity index is 606. The fraction of sp³-hybridized carbons (Fsp3) is 0.353. The molecule has 1 N–H and O–H groups in total. The van der Waals surface area contributed by atoms with E-state index in [1.165, 1.54) is 24.0 Å². The van der Waals surface area contributed by atoms with Crippen molar-refractivity contribution in [2.45, 2.75) is 32.4 Å². The molecule has 3 rings (SSSR count). The van der Waals surface area contributed by atoms with Gasteiger partial charge in [-0.05, 0) is 54.7 Å². The van der Waals surface area contributed by atoms with Crippen molar-refractivity contribution in [3.63, 3.8) is 0 Å². The number of aryl methyl sites for hydroxylation is 1. The Morgan fingerprint density at radius 3 is 2.75 bits per heavy atom. The lowest BCUT2D eigenvalue weighted by Crippen LogP contribution is -2.15. The minimum absolute atomic E-state index is 0.724. The first kappa shape index (κ1) is 13.1. The Hall–Kier alpha value is -1.87. The van der Waals surface area contributed by atoms with Crippen molar-refractivity contribution in [1.82, 2.24) is 10.3 Å². The number of methoxy groups -OCH3 is 1. The number of hydrogen-bond donors (Lipinski definition) is 1. The summed E-state index contributed by atoms with van der Waals surface area (Å²) in [5.41, 5.74) is 4.73. The summed E-state index contributed by atoms with van der Waals surface area (Å²) in [5.74, 6) is 0.924. The second-order valence-corrected chi connectivity index (χ2v) is 5.42. The number of hydrogen-bond acceptors (Lipinski definition) is 3. The number of rotatable bonds is 5. The van der Waals surface area contributed by atoms with Gasteiger partial charge in [0.05, 0.1) is 7.11 Å². The van der Waals surface area contributed by atoms with Crippen molar-refractivity contribution >= 4 is 0 Å². The van der Waals surface area contributed by atoms with Gasteiger partial charge in [0.2, 0.25) is 0 Å². The van der Waals surface area contributed by atoms with Gasteiger partial charge in [-0.25, -0.2) is 0 Å². The highest BCUT2D eigenvalue weighted by Crippen LogP contribution is 2.26. The van der Waals surface area contributed by atoms with Crippen molar-refractivity contribution in [3.05, 3.63) is 47.8 Å². The first-order valence-electron chi connectivity index (χ1n) is 7.08. The molecule has 3 nitrogen and oxygen atoms in total. The molecule has 1 aliphatic carbocycles. The summed E-state index contributed by atoms with van der Waals surface area (Å²) in [5, 5.41) is 3.52. The average Bonchev–Trinajstić information content (AvgIpc) is 3.29. The van der Waals surface area contributed by atoms with Crippen LogP contribution in [0.2, 0.25) is 0 Å². The van der Waals surface area contributed by atoms with Crippen LogP contribution in [-0.2, 0) is 6.54 Å². The molecular weight excluding hydrogens is 248 g/mol. The van der Waals surface area contributed by atoms with E-state index in [1.807, 2.05) is 18.5 Å². The summed E-state index contributed by atoms with van der Waals surface area (Å²) in [7, 11) is 1.70. The smallest absolute Gasteiger partial charge is 0.121 e. The predicted molar refractivity (Wildman–Crippen MR) is 80.8 cm³/mol. The summed E-state index contributed by atoms with van der Waals surface area (Å²) in [6.45, 7) is 2.97. The topological polar surface area (TPSA) is 34.1 Å². The maximum absolute atomic E-state index is 5.31. The maximum Gasteiger partial charge on any atom is 0.121 e. The van der Waals surface area contributed by atoms with Gasteiger partial charge in [-0.1, -0.05) is 6.07 Å². The molecule has 1 aliphatic rings. The minimum atomic E-state index is 0.724. The minimum Gasteiger partial charge on any atom is -0.496 e. The highest BCUT2D eigenvalue weighted by Gasteiger charge is 2.19. The molecule has 0 spiro atoms. The molecule has 0 unspecified atom stereocenters. The van der Waals surface area contributed by atoms with Crippen LogP contribution in [0, 0.1) is 6.92 Å². The number of aromatic nitrogens is 1. The molecule has 0 radical (unpaired) electrons. The number of pyridine rings is 1. The second kappa shape index (κ2) is 5.63. The van der Waals surface area contributed by atoms with Gasteiger partial charge in [0.25, 0.3) is 0 Å². The van der Waals surface area contributed by atoms with Crippen LogP contribution in [0.5, 0.6) is 5.75 Å².